The first-order valence-corrected chi connectivity index (χ1v) is 8.07. The molecule has 2 aromatic rings. The SMILES string of the molecule is CNC(=O)c1ccc(CN(C)c2c([N+](=O)[O-])ccc3c2CCN3)cc1. The maximum Gasteiger partial charge on any atom is 0.292 e. The number of nitro groups is 1. The number of carbonyl (C=O) groups excluding carboxylic acids is 1. The number of hydrogen-bond acceptors (Lipinski definition) is 5. The summed E-state index contributed by atoms with van der Waals surface area (Å²) in [7, 11) is 3.45. The Bertz CT molecular complexity index is 818. The van der Waals surface area contributed by atoms with Gasteiger partial charge in [-0.05, 0) is 30.2 Å². The van der Waals surface area contributed by atoms with Crippen molar-refractivity contribution < 1.29 is 9.72 Å². The molecule has 3 rings (SSSR count). The highest BCUT2D eigenvalue weighted by atomic mass is 16.6. The predicted octanol–water partition coefficient (Wildman–Crippen LogP) is 2.56. The summed E-state index contributed by atoms with van der Waals surface area (Å²) < 4.78 is 0. The summed E-state index contributed by atoms with van der Waals surface area (Å²) in [4.78, 5) is 24.6. The van der Waals surface area contributed by atoms with E-state index < -0.39 is 0 Å². The number of carbonyl (C=O) groups is 1. The van der Waals surface area contributed by atoms with Crippen molar-refractivity contribution in [2.75, 3.05) is 30.9 Å². The Morgan fingerprint density at radius 2 is 2.00 bits per heavy atom. The molecule has 0 spiro atoms. The molecule has 0 radical (unpaired) electrons. The van der Waals surface area contributed by atoms with Crippen LogP contribution < -0.4 is 15.5 Å². The average Bonchev–Trinajstić information content (AvgIpc) is 3.09. The van der Waals surface area contributed by atoms with Gasteiger partial charge in [0, 0.05) is 50.1 Å². The minimum Gasteiger partial charge on any atom is -0.384 e. The zero-order valence-corrected chi connectivity index (χ0v) is 14.2. The molecule has 0 unspecified atom stereocenters. The van der Waals surface area contributed by atoms with Gasteiger partial charge >= 0.3 is 0 Å². The van der Waals surface area contributed by atoms with E-state index in [0.29, 0.717) is 17.8 Å². The van der Waals surface area contributed by atoms with Crippen LogP contribution in [0.15, 0.2) is 36.4 Å². The summed E-state index contributed by atoms with van der Waals surface area (Å²) in [6, 6.07) is 10.6. The summed E-state index contributed by atoms with van der Waals surface area (Å²) in [6.07, 6.45) is 0.770. The van der Waals surface area contributed by atoms with Crippen LogP contribution in [0, 0.1) is 10.1 Å². The van der Waals surface area contributed by atoms with Crippen molar-refractivity contribution in [1.82, 2.24) is 5.32 Å². The summed E-state index contributed by atoms with van der Waals surface area (Å²) in [5.41, 5.74) is 4.29. The standard InChI is InChI=1S/C18H20N4O3/c1-19-18(23)13-5-3-12(4-6-13)11-21(2)17-14-9-10-20-15(14)7-8-16(17)22(24)25/h3-8,20H,9-11H2,1-2H3,(H,19,23). The van der Waals surface area contributed by atoms with E-state index in [0.717, 1.165) is 29.8 Å². The van der Waals surface area contributed by atoms with Gasteiger partial charge in [-0.3, -0.25) is 14.9 Å². The van der Waals surface area contributed by atoms with Gasteiger partial charge < -0.3 is 15.5 Å². The highest BCUT2D eigenvalue weighted by molar-refractivity contribution is 5.93. The molecule has 25 heavy (non-hydrogen) atoms. The van der Waals surface area contributed by atoms with Crippen LogP contribution in [0.3, 0.4) is 0 Å². The fraction of sp³-hybridized carbons (Fsp3) is 0.278. The highest BCUT2D eigenvalue weighted by Crippen LogP contribution is 2.39. The Morgan fingerprint density at radius 3 is 2.64 bits per heavy atom. The number of benzene rings is 2. The largest absolute Gasteiger partial charge is 0.384 e. The van der Waals surface area contributed by atoms with Gasteiger partial charge in [0.25, 0.3) is 11.6 Å². The third-order valence-corrected chi connectivity index (χ3v) is 4.39. The van der Waals surface area contributed by atoms with E-state index in [4.69, 9.17) is 0 Å². The lowest BCUT2D eigenvalue weighted by Crippen LogP contribution is -2.20. The highest BCUT2D eigenvalue weighted by Gasteiger charge is 2.26. The summed E-state index contributed by atoms with van der Waals surface area (Å²) >= 11 is 0. The van der Waals surface area contributed by atoms with E-state index in [2.05, 4.69) is 10.6 Å². The van der Waals surface area contributed by atoms with Gasteiger partial charge in [-0.1, -0.05) is 12.1 Å². The van der Waals surface area contributed by atoms with Crippen LogP contribution in [0.4, 0.5) is 17.1 Å². The van der Waals surface area contributed by atoms with Crippen LogP contribution in [0.2, 0.25) is 0 Å². The number of fused-ring (bicyclic) bond motifs is 1. The van der Waals surface area contributed by atoms with Gasteiger partial charge in [0.15, 0.2) is 0 Å². The van der Waals surface area contributed by atoms with Crippen molar-refractivity contribution in [3.05, 3.63) is 63.2 Å². The van der Waals surface area contributed by atoms with Crippen molar-refractivity contribution >= 4 is 23.0 Å². The third kappa shape index (κ3) is 3.26. The molecule has 0 saturated carbocycles. The second-order valence-electron chi connectivity index (χ2n) is 6.03. The van der Waals surface area contributed by atoms with Crippen LogP contribution in [-0.4, -0.2) is 31.5 Å². The summed E-state index contributed by atoms with van der Waals surface area (Å²) in [5.74, 6) is -0.137. The minimum atomic E-state index is -0.334. The molecule has 7 nitrogen and oxygen atoms in total. The lowest BCUT2D eigenvalue weighted by Gasteiger charge is -2.22. The van der Waals surface area contributed by atoms with Crippen molar-refractivity contribution in [2.45, 2.75) is 13.0 Å². The molecule has 1 aliphatic heterocycles. The predicted molar refractivity (Wildman–Crippen MR) is 97.2 cm³/mol. The fourth-order valence-electron chi connectivity index (χ4n) is 3.20. The molecule has 7 heteroatoms. The number of nitrogens with one attached hydrogen (secondary N) is 2. The smallest absolute Gasteiger partial charge is 0.292 e. The van der Waals surface area contributed by atoms with Gasteiger partial charge in [0.2, 0.25) is 0 Å². The van der Waals surface area contributed by atoms with E-state index in [1.807, 2.05) is 24.1 Å². The van der Waals surface area contributed by atoms with Gasteiger partial charge in [-0.25, -0.2) is 0 Å². The average molecular weight is 340 g/mol. The number of nitrogens with zero attached hydrogens (tertiary/aromatic N) is 2. The molecule has 130 valence electrons. The number of rotatable bonds is 5. The maximum absolute atomic E-state index is 11.6. The van der Waals surface area contributed by atoms with Crippen LogP contribution in [0.1, 0.15) is 21.5 Å². The van der Waals surface area contributed by atoms with Crippen LogP contribution in [-0.2, 0) is 13.0 Å². The Labute approximate surface area is 145 Å². The molecular formula is C18H20N4O3. The molecule has 0 aromatic heterocycles. The van der Waals surface area contributed by atoms with Crippen LogP contribution in [0.5, 0.6) is 0 Å². The first-order valence-electron chi connectivity index (χ1n) is 8.07. The van der Waals surface area contributed by atoms with Gasteiger partial charge in [-0.15, -0.1) is 0 Å². The molecule has 2 N–H and O–H groups in total. The van der Waals surface area contributed by atoms with E-state index in [1.54, 1.807) is 31.3 Å². The second-order valence-corrected chi connectivity index (χ2v) is 6.03. The van der Waals surface area contributed by atoms with E-state index in [9.17, 15) is 14.9 Å². The first kappa shape index (κ1) is 16.8. The normalized spacial score (nSPS) is 12.2. The number of amides is 1. The lowest BCUT2D eigenvalue weighted by atomic mass is 10.1. The van der Waals surface area contributed by atoms with Gasteiger partial charge in [0.05, 0.1) is 4.92 Å². The Hall–Kier alpha value is -3.09. The molecule has 2 aromatic carbocycles. The van der Waals surface area contributed by atoms with Gasteiger partial charge in [-0.2, -0.15) is 0 Å². The molecule has 0 atom stereocenters. The fourth-order valence-corrected chi connectivity index (χ4v) is 3.20. The van der Waals surface area contributed by atoms with E-state index in [-0.39, 0.29) is 16.5 Å². The molecule has 1 heterocycles. The maximum atomic E-state index is 11.6. The third-order valence-electron chi connectivity index (χ3n) is 4.39. The molecule has 0 aliphatic carbocycles. The quantitative estimate of drug-likeness (QED) is 0.645. The molecule has 0 saturated heterocycles. The van der Waals surface area contributed by atoms with Crippen molar-refractivity contribution in [2.24, 2.45) is 0 Å². The van der Waals surface area contributed by atoms with Crippen LogP contribution >= 0.6 is 0 Å². The zero-order chi connectivity index (χ0) is 18.0. The molecular weight excluding hydrogens is 320 g/mol. The second kappa shape index (κ2) is 6.80. The molecule has 0 bridgehead atoms. The summed E-state index contributed by atoms with van der Waals surface area (Å²) in [6.45, 7) is 1.31. The molecule has 0 fully saturated rings. The Kier molecular flexibility index (Phi) is 4.56. The topological polar surface area (TPSA) is 87.5 Å². The summed E-state index contributed by atoms with van der Waals surface area (Å²) in [5, 5.41) is 17.3. The lowest BCUT2D eigenvalue weighted by molar-refractivity contribution is -0.384. The van der Waals surface area contributed by atoms with E-state index in [1.165, 1.54) is 0 Å². The Balaban J connectivity index is 1.89. The monoisotopic (exact) mass is 340 g/mol. The van der Waals surface area contributed by atoms with E-state index >= 15 is 0 Å². The van der Waals surface area contributed by atoms with Crippen molar-refractivity contribution in [3.8, 4) is 0 Å². The van der Waals surface area contributed by atoms with Crippen molar-refractivity contribution in [1.29, 1.82) is 0 Å². The zero-order valence-electron chi connectivity index (χ0n) is 14.2. The van der Waals surface area contributed by atoms with Gasteiger partial charge in [0.1, 0.15) is 5.69 Å². The number of anilines is 2. The number of nitro benzene ring substituents is 1. The Morgan fingerprint density at radius 1 is 1.28 bits per heavy atom. The minimum absolute atomic E-state index is 0.118. The molecule has 1 amide bonds. The van der Waals surface area contributed by atoms with Crippen LogP contribution in [0.25, 0.3) is 0 Å². The molecule has 1 aliphatic rings. The number of hydrogen-bond donors (Lipinski definition) is 2. The van der Waals surface area contributed by atoms with Crippen molar-refractivity contribution in [3.63, 3.8) is 0 Å². The first-order chi connectivity index (χ1) is 12.0.